The number of rotatable bonds is 3. The zero-order valence-corrected chi connectivity index (χ0v) is 12.0. The monoisotopic (exact) mass is 259 g/mol. The van der Waals surface area contributed by atoms with Crippen molar-refractivity contribution in [1.82, 2.24) is 4.98 Å². The minimum Gasteiger partial charge on any atom is -0.496 e. The lowest BCUT2D eigenvalue weighted by Crippen LogP contribution is -2.02. The first-order valence-corrected chi connectivity index (χ1v) is 6.83. The minimum absolute atomic E-state index is 0.254. The van der Waals surface area contributed by atoms with Gasteiger partial charge in [-0.15, -0.1) is 0 Å². The van der Waals surface area contributed by atoms with Crippen molar-refractivity contribution in [3.05, 3.63) is 34.7 Å². The minimum atomic E-state index is 0.254. The van der Waals surface area contributed by atoms with Crippen LogP contribution in [0.3, 0.4) is 0 Å². The van der Waals surface area contributed by atoms with Crippen molar-refractivity contribution in [2.45, 2.75) is 46.0 Å². The summed E-state index contributed by atoms with van der Waals surface area (Å²) in [6, 6.07) is 0. The van der Waals surface area contributed by atoms with Crippen LogP contribution in [0.5, 0.6) is 5.75 Å². The van der Waals surface area contributed by atoms with Crippen molar-refractivity contribution in [3.63, 3.8) is 0 Å². The Morgan fingerprint density at radius 3 is 2.74 bits per heavy atom. The lowest BCUT2D eigenvalue weighted by Gasteiger charge is -2.13. The second-order valence-corrected chi connectivity index (χ2v) is 5.20. The summed E-state index contributed by atoms with van der Waals surface area (Å²) in [6.45, 7) is 4.03. The topological polar surface area (TPSA) is 39.2 Å². The molecule has 0 bridgehead atoms. The first kappa shape index (κ1) is 13.8. The van der Waals surface area contributed by atoms with Gasteiger partial charge in [-0.1, -0.05) is 5.57 Å². The summed E-state index contributed by atoms with van der Waals surface area (Å²) in [5, 5.41) is 0. The van der Waals surface area contributed by atoms with E-state index in [0.717, 1.165) is 48.3 Å². The fourth-order valence-corrected chi connectivity index (χ4v) is 2.63. The van der Waals surface area contributed by atoms with Gasteiger partial charge in [0.25, 0.3) is 0 Å². The highest BCUT2D eigenvalue weighted by atomic mass is 16.5. The van der Waals surface area contributed by atoms with Crippen LogP contribution in [-0.4, -0.2) is 17.9 Å². The number of ether oxygens (including phenoxy) is 1. The van der Waals surface area contributed by atoms with E-state index in [0.29, 0.717) is 6.42 Å². The molecule has 1 aliphatic rings. The van der Waals surface area contributed by atoms with Crippen LogP contribution in [0.4, 0.5) is 0 Å². The van der Waals surface area contributed by atoms with Gasteiger partial charge in [0.1, 0.15) is 5.75 Å². The van der Waals surface area contributed by atoms with E-state index < -0.39 is 0 Å². The molecular weight excluding hydrogens is 238 g/mol. The third kappa shape index (κ3) is 3.22. The molecule has 0 atom stereocenters. The summed E-state index contributed by atoms with van der Waals surface area (Å²) in [5.74, 6) is 1.16. The van der Waals surface area contributed by atoms with Gasteiger partial charge in [0.05, 0.1) is 12.8 Å². The molecule has 1 aromatic rings. The van der Waals surface area contributed by atoms with Gasteiger partial charge >= 0.3 is 0 Å². The third-order valence-electron chi connectivity index (χ3n) is 3.68. The van der Waals surface area contributed by atoms with Crippen molar-refractivity contribution >= 4 is 5.78 Å². The number of aryl methyl sites for hydroxylation is 1. The normalized spacial score (nSPS) is 15.9. The van der Waals surface area contributed by atoms with Crippen molar-refractivity contribution < 1.29 is 9.53 Å². The van der Waals surface area contributed by atoms with Crippen LogP contribution in [-0.2, 0) is 11.2 Å². The fourth-order valence-electron chi connectivity index (χ4n) is 2.63. The lowest BCUT2D eigenvalue weighted by molar-refractivity contribution is -0.114. The van der Waals surface area contributed by atoms with Gasteiger partial charge in [0, 0.05) is 30.2 Å². The van der Waals surface area contributed by atoms with E-state index in [-0.39, 0.29) is 5.78 Å². The van der Waals surface area contributed by atoms with Gasteiger partial charge in [-0.25, -0.2) is 0 Å². The number of aromatic nitrogens is 1. The molecule has 0 saturated carbocycles. The summed E-state index contributed by atoms with van der Waals surface area (Å²) >= 11 is 0. The Labute approximate surface area is 114 Å². The van der Waals surface area contributed by atoms with E-state index in [2.05, 4.69) is 4.98 Å². The number of pyridine rings is 1. The molecule has 3 heteroatoms. The molecule has 0 amide bonds. The second-order valence-electron chi connectivity index (χ2n) is 5.20. The highest BCUT2D eigenvalue weighted by Gasteiger charge is 2.13. The van der Waals surface area contributed by atoms with E-state index in [1.807, 2.05) is 26.1 Å². The van der Waals surface area contributed by atoms with Crippen LogP contribution in [0, 0.1) is 13.8 Å². The summed E-state index contributed by atoms with van der Waals surface area (Å²) in [7, 11) is 1.69. The summed E-state index contributed by atoms with van der Waals surface area (Å²) in [5.41, 5.74) is 4.35. The van der Waals surface area contributed by atoms with Crippen molar-refractivity contribution in [1.29, 1.82) is 0 Å². The van der Waals surface area contributed by atoms with Gasteiger partial charge < -0.3 is 4.74 Å². The largest absolute Gasteiger partial charge is 0.496 e. The van der Waals surface area contributed by atoms with Gasteiger partial charge in [-0.3, -0.25) is 9.78 Å². The predicted molar refractivity (Wildman–Crippen MR) is 75.5 cm³/mol. The molecule has 0 N–H and O–H groups in total. The Morgan fingerprint density at radius 1 is 1.26 bits per heavy atom. The molecule has 0 fully saturated rings. The number of allylic oxidation sites excluding steroid dienone is 2. The zero-order valence-electron chi connectivity index (χ0n) is 12.0. The number of carbonyl (C=O) groups is 1. The van der Waals surface area contributed by atoms with Gasteiger partial charge in [-0.05, 0) is 39.2 Å². The quantitative estimate of drug-likeness (QED) is 0.836. The molecule has 0 saturated heterocycles. The molecule has 1 aliphatic carbocycles. The zero-order chi connectivity index (χ0) is 13.8. The molecule has 0 aromatic carbocycles. The number of hydrogen-bond acceptors (Lipinski definition) is 3. The molecular formula is C16H21NO2. The summed E-state index contributed by atoms with van der Waals surface area (Å²) in [4.78, 5) is 16.1. The smallest absolute Gasteiger partial charge is 0.155 e. The molecule has 19 heavy (non-hydrogen) atoms. The van der Waals surface area contributed by atoms with Crippen molar-refractivity contribution in [2.24, 2.45) is 0 Å². The average molecular weight is 259 g/mol. The SMILES string of the molecule is COc1c(C)cnc(CC2=CC(=O)CCCC2)c1C. The Kier molecular flexibility index (Phi) is 4.35. The van der Waals surface area contributed by atoms with E-state index >= 15 is 0 Å². The summed E-state index contributed by atoms with van der Waals surface area (Å²) < 4.78 is 5.42. The highest BCUT2D eigenvalue weighted by molar-refractivity contribution is 5.90. The third-order valence-corrected chi connectivity index (χ3v) is 3.68. The number of methoxy groups -OCH3 is 1. The Hall–Kier alpha value is -1.64. The molecule has 3 nitrogen and oxygen atoms in total. The fraction of sp³-hybridized carbons (Fsp3) is 0.500. The predicted octanol–water partition coefficient (Wildman–Crippen LogP) is 3.32. The Balaban J connectivity index is 2.26. The molecule has 102 valence electrons. The molecule has 0 spiro atoms. The molecule has 0 unspecified atom stereocenters. The van der Waals surface area contributed by atoms with E-state index in [1.165, 1.54) is 5.57 Å². The summed E-state index contributed by atoms with van der Waals surface area (Å²) in [6.07, 6.45) is 8.22. The maximum Gasteiger partial charge on any atom is 0.155 e. The van der Waals surface area contributed by atoms with Gasteiger partial charge in [-0.2, -0.15) is 0 Å². The number of ketones is 1. The van der Waals surface area contributed by atoms with Crippen molar-refractivity contribution in [3.8, 4) is 5.75 Å². The van der Waals surface area contributed by atoms with Gasteiger partial charge in [0.2, 0.25) is 0 Å². The highest BCUT2D eigenvalue weighted by Crippen LogP contribution is 2.27. The second kappa shape index (κ2) is 6.00. The maximum atomic E-state index is 11.6. The Morgan fingerprint density at radius 2 is 2.00 bits per heavy atom. The maximum absolute atomic E-state index is 11.6. The number of hydrogen-bond donors (Lipinski definition) is 0. The van der Waals surface area contributed by atoms with E-state index in [9.17, 15) is 4.79 Å². The average Bonchev–Trinajstić information content (AvgIpc) is 2.58. The number of carbonyl (C=O) groups excluding carboxylic acids is 1. The molecule has 1 heterocycles. The first-order chi connectivity index (χ1) is 9.11. The van der Waals surface area contributed by atoms with Crippen LogP contribution < -0.4 is 4.74 Å². The van der Waals surface area contributed by atoms with Crippen molar-refractivity contribution in [2.75, 3.05) is 7.11 Å². The Bertz CT molecular complexity index is 518. The molecule has 1 aromatic heterocycles. The molecule has 0 radical (unpaired) electrons. The molecule has 0 aliphatic heterocycles. The van der Waals surface area contributed by atoms with Crippen LogP contribution in [0.2, 0.25) is 0 Å². The van der Waals surface area contributed by atoms with E-state index in [1.54, 1.807) is 7.11 Å². The van der Waals surface area contributed by atoms with Crippen LogP contribution in [0.25, 0.3) is 0 Å². The first-order valence-electron chi connectivity index (χ1n) is 6.83. The van der Waals surface area contributed by atoms with Gasteiger partial charge in [0.15, 0.2) is 5.78 Å². The standard InChI is InChI=1S/C16H21NO2/c1-11-10-17-15(12(2)16(11)19-3)9-13-6-4-5-7-14(18)8-13/h8,10H,4-7,9H2,1-3H3. The van der Waals surface area contributed by atoms with Crippen LogP contribution in [0.1, 0.15) is 42.5 Å². The number of nitrogens with zero attached hydrogens (tertiary/aromatic N) is 1. The molecule has 2 rings (SSSR count). The van der Waals surface area contributed by atoms with Crippen LogP contribution >= 0.6 is 0 Å². The van der Waals surface area contributed by atoms with E-state index in [4.69, 9.17) is 4.74 Å². The lowest BCUT2D eigenvalue weighted by atomic mass is 10.0. The van der Waals surface area contributed by atoms with Crippen LogP contribution in [0.15, 0.2) is 17.8 Å².